The van der Waals surface area contributed by atoms with Crippen LogP contribution in [0.15, 0.2) is 24.3 Å². The Morgan fingerprint density at radius 2 is 1.78 bits per heavy atom. The molecule has 1 aliphatic rings. The van der Waals surface area contributed by atoms with Crippen LogP contribution in [-0.2, 0) is 0 Å². The molecule has 1 saturated heterocycles. The van der Waals surface area contributed by atoms with Crippen molar-refractivity contribution in [3.8, 4) is 11.4 Å². The maximum absolute atomic E-state index is 6.00. The highest BCUT2D eigenvalue weighted by Crippen LogP contribution is 2.27. The van der Waals surface area contributed by atoms with E-state index in [2.05, 4.69) is 68.5 Å². The van der Waals surface area contributed by atoms with Crippen LogP contribution in [0.4, 0.5) is 0 Å². The molecule has 0 bridgehead atoms. The Morgan fingerprint density at radius 3 is 2.41 bits per heavy atom. The molecule has 0 amide bonds. The first-order valence-electron chi connectivity index (χ1n) is 10.5. The Kier molecular flexibility index (Phi) is 6.59. The van der Waals surface area contributed by atoms with Crippen LogP contribution in [0.5, 0.6) is 5.75 Å². The lowest BCUT2D eigenvalue weighted by Gasteiger charge is -2.16. The molecule has 4 nitrogen and oxygen atoms in total. The summed E-state index contributed by atoms with van der Waals surface area (Å²) in [5.41, 5.74) is 4.77. The van der Waals surface area contributed by atoms with E-state index in [0.717, 1.165) is 36.7 Å². The number of rotatable bonds is 8. The first kappa shape index (κ1) is 19.9. The fourth-order valence-corrected chi connectivity index (χ4v) is 3.74. The second kappa shape index (κ2) is 8.92. The summed E-state index contributed by atoms with van der Waals surface area (Å²) in [4.78, 5) is 2.54. The first-order chi connectivity index (χ1) is 13.0. The number of hydrogen-bond donors (Lipinski definition) is 0. The lowest BCUT2D eigenvalue weighted by Crippen LogP contribution is -2.21. The fourth-order valence-electron chi connectivity index (χ4n) is 3.74. The Bertz CT molecular complexity index is 742. The van der Waals surface area contributed by atoms with Gasteiger partial charge < -0.3 is 9.64 Å². The number of aryl methyl sites for hydroxylation is 1. The summed E-state index contributed by atoms with van der Waals surface area (Å²) >= 11 is 0. The van der Waals surface area contributed by atoms with Crippen LogP contribution in [-0.4, -0.2) is 40.9 Å². The molecule has 0 spiro atoms. The van der Waals surface area contributed by atoms with E-state index < -0.39 is 0 Å². The molecular formula is C23H35N3O. The average Bonchev–Trinajstić information content (AvgIpc) is 3.28. The summed E-state index contributed by atoms with van der Waals surface area (Å²) in [6, 6.07) is 8.62. The Morgan fingerprint density at radius 1 is 1.04 bits per heavy atom. The summed E-state index contributed by atoms with van der Waals surface area (Å²) in [5, 5.41) is 4.88. The van der Waals surface area contributed by atoms with Gasteiger partial charge in [-0.15, -0.1) is 0 Å². The largest absolute Gasteiger partial charge is 0.494 e. The van der Waals surface area contributed by atoms with Crippen molar-refractivity contribution in [3.05, 3.63) is 41.2 Å². The van der Waals surface area contributed by atoms with Crippen molar-refractivity contribution in [2.45, 2.75) is 65.7 Å². The topological polar surface area (TPSA) is 30.3 Å². The Hall–Kier alpha value is -1.81. The number of hydrogen-bond acceptors (Lipinski definition) is 3. The molecule has 1 aromatic carbocycles. The number of ether oxygens (including phenoxy) is 1. The van der Waals surface area contributed by atoms with E-state index in [0.29, 0.717) is 11.8 Å². The summed E-state index contributed by atoms with van der Waals surface area (Å²) in [6.07, 6.45) is 3.80. The van der Waals surface area contributed by atoms with Crippen molar-refractivity contribution in [2.24, 2.45) is 0 Å². The molecule has 3 rings (SSSR count). The molecule has 0 radical (unpaired) electrons. The zero-order valence-corrected chi connectivity index (χ0v) is 17.7. The van der Waals surface area contributed by atoms with Crippen LogP contribution in [0.1, 0.15) is 75.7 Å². The lowest BCUT2D eigenvalue weighted by atomic mass is 10.1. The van der Waals surface area contributed by atoms with Gasteiger partial charge in [0.2, 0.25) is 0 Å². The fraction of sp³-hybridized carbons (Fsp3) is 0.609. The molecule has 0 atom stereocenters. The molecule has 1 aliphatic heterocycles. The van der Waals surface area contributed by atoms with E-state index in [-0.39, 0.29) is 0 Å². The number of nitrogens with zero attached hydrogens (tertiary/aromatic N) is 3. The maximum Gasteiger partial charge on any atom is 0.119 e. The van der Waals surface area contributed by atoms with Gasteiger partial charge in [-0.1, -0.05) is 27.7 Å². The zero-order chi connectivity index (χ0) is 19.4. The van der Waals surface area contributed by atoms with Gasteiger partial charge >= 0.3 is 0 Å². The molecule has 0 unspecified atom stereocenters. The Labute approximate surface area is 164 Å². The van der Waals surface area contributed by atoms with Crippen LogP contribution in [0.3, 0.4) is 0 Å². The van der Waals surface area contributed by atoms with Gasteiger partial charge in [-0.3, -0.25) is 0 Å². The highest BCUT2D eigenvalue weighted by molar-refractivity contribution is 5.46. The highest BCUT2D eigenvalue weighted by Gasteiger charge is 2.16. The van der Waals surface area contributed by atoms with Crippen molar-refractivity contribution >= 4 is 0 Å². The quantitative estimate of drug-likeness (QED) is 0.592. The lowest BCUT2D eigenvalue weighted by molar-refractivity contribution is 0.263. The van der Waals surface area contributed by atoms with Crippen LogP contribution in [0.2, 0.25) is 0 Å². The highest BCUT2D eigenvalue weighted by atomic mass is 16.5. The summed E-state index contributed by atoms with van der Waals surface area (Å²) in [7, 11) is 0. The van der Waals surface area contributed by atoms with Gasteiger partial charge in [0, 0.05) is 12.2 Å². The van der Waals surface area contributed by atoms with Crippen molar-refractivity contribution in [3.63, 3.8) is 0 Å². The van der Waals surface area contributed by atoms with Crippen LogP contribution >= 0.6 is 0 Å². The maximum atomic E-state index is 6.00. The van der Waals surface area contributed by atoms with Crippen molar-refractivity contribution < 1.29 is 4.74 Å². The molecule has 1 aromatic heterocycles. The van der Waals surface area contributed by atoms with Gasteiger partial charge in [0.1, 0.15) is 5.75 Å². The van der Waals surface area contributed by atoms with Gasteiger partial charge in [0.05, 0.1) is 18.0 Å². The SMILES string of the molecule is Cc1cc(OCCCN2CCCC2)ccc1-n1nc(C(C)C)cc1C(C)C. The van der Waals surface area contributed by atoms with Crippen molar-refractivity contribution in [1.29, 1.82) is 0 Å². The standard InChI is InChI=1S/C23H35N3O/c1-17(2)21-16-23(18(3)4)26(24-21)22-10-9-20(15-19(22)5)27-14-8-13-25-11-6-7-12-25/h9-10,15-18H,6-8,11-14H2,1-5H3. The summed E-state index contributed by atoms with van der Waals surface area (Å²) in [6.45, 7) is 15.4. The molecule has 27 heavy (non-hydrogen) atoms. The van der Waals surface area contributed by atoms with Gasteiger partial charge in [0.15, 0.2) is 0 Å². The third-order valence-corrected chi connectivity index (χ3v) is 5.42. The number of likely N-dealkylation sites (tertiary alicyclic amines) is 1. The minimum Gasteiger partial charge on any atom is -0.494 e. The molecule has 4 heteroatoms. The zero-order valence-electron chi connectivity index (χ0n) is 17.7. The van der Waals surface area contributed by atoms with E-state index in [9.17, 15) is 0 Å². The molecular weight excluding hydrogens is 334 g/mol. The van der Waals surface area contributed by atoms with E-state index >= 15 is 0 Å². The minimum atomic E-state index is 0.433. The molecule has 1 fully saturated rings. The van der Waals surface area contributed by atoms with E-state index in [1.54, 1.807) is 0 Å². The van der Waals surface area contributed by atoms with E-state index in [4.69, 9.17) is 9.84 Å². The minimum absolute atomic E-state index is 0.433. The van der Waals surface area contributed by atoms with Crippen LogP contribution < -0.4 is 4.74 Å². The molecule has 0 N–H and O–H groups in total. The van der Waals surface area contributed by atoms with Crippen molar-refractivity contribution in [2.75, 3.05) is 26.2 Å². The first-order valence-corrected chi connectivity index (χ1v) is 10.5. The normalized spacial score (nSPS) is 15.2. The third-order valence-electron chi connectivity index (χ3n) is 5.42. The monoisotopic (exact) mass is 369 g/mol. The van der Waals surface area contributed by atoms with Crippen molar-refractivity contribution in [1.82, 2.24) is 14.7 Å². The second-order valence-electron chi connectivity index (χ2n) is 8.41. The number of benzene rings is 1. The third kappa shape index (κ3) is 4.92. The van der Waals surface area contributed by atoms with E-state index in [1.165, 1.54) is 37.2 Å². The van der Waals surface area contributed by atoms with Gasteiger partial charge in [-0.05, 0) is 80.9 Å². The second-order valence-corrected chi connectivity index (χ2v) is 8.41. The average molecular weight is 370 g/mol. The summed E-state index contributed by atoms with van der Waals surface area (Å²) < 4.78 is 8.12. The molecule has 0 aliphatic carbocycles. The van der Waals surface area contributed by atoms with Crippen LogP contribution in [0, 0.1) is 6.92 Å². The molecule has 2 heterocycles. The summed E-state index contributed by atoms with van der Waals surface area (Å²) in [5.74, 6) is 1.83. The van der Waals surface area contributed by atoms with Gasteiger partial charge in [0.25, 0.3) is 0 Å². The number of aromatic nitrogens is 2. The Balaban J connectivity index is 1.67. The predicted octanol–water partition coefficient (Wildman–Crippen LogP) is 5.29. The molecule has 2 aromatic rings. The predicted molar refractivity (Wildman–Crippen MR) is 112 cm³/mol. The van der Waals surface area contributed by atoms with Gasteiger partial charge in [-0.2, -0.15) is 5.10 Å². The van der Waals surface area contributed by atoms with E-state index in [1.807, 2.05) is 0 Å². The van der Waals surface area contributed by atoms with Crippen LogP contribution in [0.25, 0.3) is 5.69 Å². The molecule has 0 saturated carbocycles. The van der Waals surface area contributed by atoms with Gasteiger partial charge in [-0.25, -0.2) is 4.68 Å². The smallest absolute Gasteiger partial charge is 0.119 e. The molecule has 148 valence electrons.